The molecule has 5 heteroatoms. The summed E-state index contributed by atoms with van der Waals surface area (Å²) in [6.45, 7) is 3.76. The number of ether oxygens (including phenoxy) is 2. The predicted molar refractivity (Wildman–Crippen MR) is 62.8 cm³/mol. The summed E-state index contributed by atoms with van der Waals surface area (Å²) in [5.74, 6) is 0.503. The summed E-state index contributed by atoms with van der Waals surface area (Å²) in [6.07, 6.45) is 1.74. The van der Waals surface area contributed by atoms with Crippen molar-refractivity contribution in [1.82, 2.24) is 5.32 Å². The maximum absolute atomic E-state index is 12.0. The van der Waals surface area contributed by atoms with Crippen molar-refractivity contribution in [2.45, 2.75) is 32.6 Å². The highest BCUT2D eigenvalue weighted by atomic mass is 16.7. The minimum atomic E-state index is -0.462. The minimum Gasteiger partial charge on any atom is -0.469 e. The number of hydrogen-bond acceptors (Lipinski definition) is 4. The van der Waals surface area contributed by atoms with Gasteiger partial charge in [0.05, 0.1) is 17.9 Å². The number of furan rings is 1. The number of carbonyl (C=O) groups excluding carboxylic acids is 1. The third-order valence-electron chi connectivity index (χ3n) is 2.54. The molecule has 0 saturated heterocycles. The lowest BCUT2D eigenvalue weighted by atomic mass is 10.2. The van der Waals surface area contributed by atoms with E-state index in [1.54, 1.807) is 6.07 Å². The first-order valence-corrected chi connectivity index (χ1v) is 5.56. The molecule has 1 aromatic rings. The van der Waals surface area contributed by atoms with E-state index in [9.17, 15) is 4.79 Å². The number of rotatable bonds is 6. The van der Waals surface area contributed by atoms with E-state index in [0.717, 1.165) is 0 Å². The monoisotopic (exact) mass is 241 g/mol. The second kappa shape index (κ2) is 6.42. The fourth-order valence-corrected chi connectivity index (χ4v) is 1.67. The summed E-state index contributed by atoms with van der Waals surface area (Å²) in [6, 6.07) is 1.42. The van der Waals surface area contributed by atoms with Crippen molar-refractivity contribution in [3.63, 3.8) is 0 Å². The number of nitrogens with one attached hydrogen (secondary N) is 1. The maximum Gasteiger partial charge on any atom is 0.255 e. The van der Waals surface area contributed by atoms with Gasteiger partial charge in [-0.1, -0.05) is 6.92 Å². The fourth-order valence-electron chi connectivity index (χ4n) is 1.67. The molecule has 0 aromatic carbocycles. The van der Waals surface area contributed by atoms with E-state index in [1.807, 2.05) is 13.8 Å². The Bertz CT molecular complexity index is 357. The highest BCUT2D eigenvalue weighted by Gasteiger charge is 2.20. The molecule has 0 fully saturated rings. The Morgan fingerprint density at radius 3 is 2.65 bits per heavy atom. The Morgan fingerprint density at radius 1 is 1.47 bits per heavy atom. The quantitative estimate of drug-likeness (QED) is 0.768. The van der Waals surface area contributed by atoms with E-state index in [4.69, 9.17) is 13.9 Å². The Hall–Kier alpha value is -1.33. The zero-order chi connectivity index (χ0) is 12.8. The average Bonchev–Trinajstić information content (AvgIpc) is 2.78. The zero-order valence-corrected chi connectivity index (χ0v) is 10.6. The summed E-state index contributed by atoms with van der Waals surface area (Å²) in [7, 11) is 3.07. The summed E-state index contributed by atoms with van der Waals surface area (Å²) >= 11 is 0. The van der Waals surface area contributed by atoms with Crippen LogP contribution in [0.25, 0.3) is 0 Å². The number of amides is 1. The summed E-state index contributed by atoms with van der Waals surface area (Å²) in [5.41, 5.74) is 0.560. The van der Waals surface area contributed by atoms with Gasteiger partial charge in [0, 0.05) is 20.6 Å². The van der Waals surface area contributed by atoms with Crippen LogP contribution in [-0.4, -0.2) is 32.5 Å². The Kier molecular flexibility index (Phi) is 5.18. The molecule has 1 heterocycles. The molecule has 0 aliphatic rings. The van der Waals surface area contributed by atoms with Crippen molar-refractivity contribution >= 4 is 5.91 Å². The van der Waals surface area contributed by atoms with E-state index < -0.39 is 6.29 Å². The number of methoxy groups -OCH3 is 2. The lowest BCUT2D eigenvalue weighted by Crippen LogP contribution is -2.43. The van der Waals surface area contributed by atoms with Gasteiger partial charge in [-0.2, -0.15) is 0 Å². The summed E-state index contributed by atoms with van der Waals surface area (Å²) in [5, 5.41) is 2.81. The molecule has 1 amide bonds. The molecule has 0 bridgehead atoms. The Labute approximate surface area is 101 Å². The van der Waals surface area contributed by atoms with Crippen LogP contribution >= 0.6 is 0 Å². The van der Waals surface area contributed by atoms with Crippen molar-refractivity contribution in [2.24, 2.45) is 0 Å². The fraction of sp³-hybridized carbons (Fsp3) is 0.583. The van der Waals surface area contributed by atoms with Crippen LogP contribution < -0.4 is 5.32 Å². The molecule has 1 unspecified atom stereocenters. The van der Waals surface area contributed by atoms with Crippen LogP contribution in [0.1, 0.15) is 30.0 Å². The van der Waals surface area contributed by atoms with Gasteiger partial charge in [-0.05, 0) is 13.0 Å². The molecule has 96 valence electrons. The number of carbonyl (C=O) groups is 1. The Morgan fingerprint density at radius 2 is 2.12 bits per heavy atom. The van der Waals surface area contributed by atoms with Gasteiger partial charge in [-0.25, -0.2) is 0 Å². The molecule has 1 atom stereocenters. The van der Waals surface area contributed by atoms with Crippen LogP contribution in [0.5, 0.6) is 0 Å². The van der Waals surface area contributed by atoms with Crippen LogP contribution in [-0.2, 0) is 15.9 Å². The molecule has 0 radical (unpaired) electrons. The van der Waals surface area contributed by atoms with Crippen LogP contribution in [0, 0.1) is 0 Å². The van der Waals surface area contributed by atoms with Crippen LogP contribution in [0.2, 0.25) is 0 Å². The standard InChI is InChI=1S/C12H19NO4/c1-5-10-9(6-7-17-10)11(14)13-8(2)12(15-3)16-4/h6-8,12H,5H2,1-4H3,(H,13,14). The molecule has 0 aliphatic heterocycles. The largest absolute Gasteiger partial charge is 0.469 e. The van der Waals surface area contributed by atoms with Gasteiger partial charge in [0.2, 0.25) is 0 Å². The SMILES string of the molecule is CCc1occc1C(=O)NC(C)C(OC)OC. The maximum atomic E-state index is 12.0. The topological polar surface area (TPSA) is 60.7 Å². The van der Waals surface area contributed by atoms with E-state index in [1.165, 1.54) is 20.5 Å². The van der Waals surface area contributed by atoms with Gasteiger partial charge >= 0.3 is 0 Å². The molecule has 1 N–H and O–H groups in total. The normalized spacial score (nSPS) is 12.8. The Balaban J connectivity index is 2.66. The zero-order valence-electron chi connectivity index (χ0n) is 10.6. The van der Waals surface area contributed by atoms with E-state index >= 15 is 0 Å². The van der Waals surface area contributed by atoms with Gasteiger partial charge in [0.1, 0.15) is 5.76 Å². The van der Waals surface area contributed by atoms with Gasteiger partial charge < -0.3 is 19.2 Å². The van der Waals surface area contributed by atoms with Crippen LogP contribution in [0.4, 0.5) is 0 Å². The second-order valence-electron chi connectivity index (χ2n) is 3.71. The average molecular weight is 241 g/mol. The van der Waals surface area contributed by atoms with E-state index in [-0.39, 0.29) is 11.9 Å². The van der Waals surface area contributed by atoms with Gasteiger partial charge in [-0.3, -0.25) is 4.79 Å². The van der Waals surface area contributed by atoms with Crippen molar-refractivity contribution in [3.8, 4) is 0 Å². The highest BCUT2D eigenvalue weighted by molar-refractivity contribution is 5.95. The molecule has 5 nitrogen and oxygen atoms in total. The minimum absolute atomic E-state index is 0.179. The first-order valence-electron chi connectivity index (χ1n) is 5.56. The highest BCUT2D eigenvalue weighted by Crippen LogP contribution is 2.11. The lowest BCUT2D eigenvalue weighted by molar-refractivity contribution is -0.117. The molecule has 1 rings (SSSR count). The van der Waals surface area contributed by atoms with Crippen LogP contribution in [0.3, 0.4) is 0 Å². The molecule has 0 saturated carbocycles. The molecular weight excluding hydrogens is 222 g/mol. The van der Waals surface area contributed by atoms with Gasteiger partial charge in [-0.15, -0.1) is 0 Å². The third kappa shape index (κ3) is 3.31. The number of aryl methyl sites for hydroxylation is 1. The van der Waals surface area contributed by atoms with E-state index in [0.29, 0.717) is 17.7 Å². The number of hydrogen-bond donors (Lipinski definition) is 1. The van der Waals surface area contributed by atoms with Crippen molar-refractivity contribution < 1.29 is 18.7 Å². The summed E-state index contributed by atoms with van der Waals surface area (Å²) in [4.78, 5) is 12.0. The lowest BCUT2D eigenvalue weighted by Gasteiger charge is -2.21. The van der Waals surface area contributed by atoms with Crippen molar-refractivity contribution in [3.05, 3.63) is 23.7 Å². The van der Waals surface area contributed by atoms with Crippen molar-refractivity contribution in [2.75, 3.05) is 14.2 Å². The van der Waals surface area contributed by atoms with Crippen molar-refractivity contribution in [1.29, 1.82) is 0 Å². The summed E-state index contributed by atoms with van der Waals surface area (Å²) < 4.78 is 15.4. The molecule has 0 spiro atoms. The first-order chi connectivity index (χ1) is 8.13. The van der Waals surface area contributed by atoms with Crippen LogP contribution in [0.15, 0.2) is 16.7 Å². The molecular formula is C12H19NO4. The van der Waals surface area contributed by atoms with Gasteiger partial charge in [0.15, 0.2) is 6.29 Å². The van der Waals surface area contributed by atoms with Gasteiger partial charge in [0.25, 0.3) is 5.91 Å². The molecule has 0 aliphatic carbocycles. The predicted octanol–water partition coefficient (Wildman–Crippen LogP) is 1.58. The van der Waals surface area contributed by atoms with E-state index in [2.05, 4.69) is 5.32 Å². The second-order valence-corrected chi connectivity index (χ2v) is 3.71. The molecule has 1 aromatic heterocycles. The first kappa shape index (κ1) is 13.7. The third-order valence-corrected chi connectivity index (χ3v) is 2.54. The smallest absolute Gasteiger partial charge is 0.255 e. The molecule has 17 heavy (non-hydrogen) atoms.